The number of carbonyl (C=O) groups is 1. The Labute approximate surface area is 203 Å². The van der Waals surface area contributed by atoms with Gasteiger partial charge >= 0.3 is 0 Å². The summed E-state index contributed by atoms with van der Waals surface area (Å²) in [6.07, 6.45) is 3.52. The van der Waals surface area contributed by atoms with Crippen molar-refractivity contribution in [2.45, 2.75) is 26.4 Å². The summed E-state index contributed by atoms with van der Waals surface area (Å²) in [5.74, 6) is 1.47. The van der Waals surface area contributed by atoms with Crippen LogP contribution < -0.4 is 15.0 Å². The van der Waals surface area contributed by atoms with Gasteiger partial charge in [-0.1, -0.05) is 12.1 Å². The zero-order chi connectivity index (χ0) is 24.6. The minimum absolute atomic E-state index is 0.0373. The second-order valence-electron chi connectivity index (χ2n) is 9.66. The molecule has 0 saturated carbocycles. The second-order valence-corrected chi connectivity index (χ2v) is 9.66. The van der Waals surface area contributed by atoms with E-state index >= 15 is 0 Å². The summed E-state index contributed by atoms with van der Waals surface area (Å²) in [5.41, 5.74) is 3.99. The number of rotatable bonds is 5. The lowest BCUT2D eigenvalue weighted by molar-refractivity contribution is -0.120. The number of nitrogens with one attached hydrogen (secondary N) is 1. The predicted molar refractivity (Wildman–Crippen MR) is 134 cm³/mol. The largest absolute Gasteiger partial charge is 0.488 e. The van der Waals surface area contributed by atoms with Gasteiger partial charge in [-0.3, -0.25) is 4.79 Å². The van der Waals surface area contributed by atoms with Crippen molar-refractivity contribution in [2.75, 3.05) is 23.3 Å². The van der Waals surface area contributed by atoms with Crippen LogP contribution in [-0.4, -0.2) is 39.2 Å². The van der Waals surface area contributed by atoms with Gasteiger partial charge in [0.1, 0.15) is 23.2 Å². The Bertz CT molecular complexity index is 1410. The molecule has 35 heavy (non-hydrogen) atoms. The molecule has 0 spiro atoms. The van der Waals surface area contributed by atoms with Crippen LogP contribution in [0.1, 0.15) is 26.3 Å². The Morgan fingerprint density at radius 3 is 2.46 bits per heavy atom. The van der Waals surface area contributed by atoms with Gasteiger partial charge in [-0.05, 0) is 68.8 Å². The second kappa shape index (κ2) is 8.76. The van der Waals surface area contributed by atoms with Crippen molar-refractivity contribution in [3.63, 3.8) is 0 Å². The summed E-state index contributed by atoms with van der Waals surface area (Å²) in [4.78, 5) is 19.2. The molecule has 8 heteroatoms. The standard InChI is InChI=1S/C27H26N6O2/c1-27(2,3)35-23-10-6-19(7-11-23)20-12-24-25(29-17-30-33(24)16-20)32-14-21(15-32)26(34)31-22-8-4-18(13-28)5-9-22/h4-12,16-17,21H,14-15H2,1-3H3,(H,31,34). The fourth-order valence-corrected chi connectivity index (χ4v) is 4.08. The number of nitrogens with zero attached hydrogens (tertiary/aromatic N) is 5. The van der Waals surface area contributed by atoms with Crippen molar-refractivity contribution < 1.29 is 9.53 Å². The first-order valence-corrected chi connectivity index (χ1v) is 11.5. The van der Waals surface area contributed by atoms with E-state index in [9.17, 15) is 4.79 Å². The van der Waals surface area contributed by atoms with Crippen LogP contribution in [0.4, 0.5) is 11.5 Å². The Morgan fingerprint density at radius 1 is 1.09 bits per heavy atom. The van der Waals surface area contributed by atoms with Gasteiger partial charge in [0.25, 0.3) is 0 Å². The van der Waals surface area contributed by atoms with Crippen molar-refractivity contribution in [1.29, 1.82) is 5.26 Å². The summed E-state index contributed by atoms with van der Waals surface area (Å²) in [7, 11) is 0. The van der Waals surface area contributed by atoms with E-state index in [0.717, 1.165) is 28.2 Å². The van der Waals surface area contributed by atoms with Crippen LogP contribution in [0.2, 0.25) is 0 Å². The number of carbonyl (C=O) groups excluding carboxylic acids is 1. The fourth-order valence-electron chi connectivity index (χ4n) is 4.08. The molecule has 3 heterocycles. The number of benzene rings is 2. The molecule has 1 aliphatic rings. The maximum atomic E-state index is 12.6. The van der Waals surface area contributed by atoms with Gasteiger partial charge in [0, 0.05) is 30.5 Å². The maximum Gasteiger partial charge on any atom is 0.231 e. The zero-order valence-corrected chi connectivity index (χ0v) is 19.9. The van der Waals surface area contributed by atoms with Crippen molar-refractivity contribution in [1.82, 2.24) is 14.6 Å². The van der Waals surface area contributed by atoms with E-state index in [2.05, 4.69) is 32.4 Å². The van der Waals surface area contributed by atoms with Crippen molar-refractivity contribution >= 4 is 22.9 Å². The Balaban J connectivity index is 1.28. The van der Waals surface area contributed by atoms with Crippen molar-refractivity contribution in [2.24, 2.45) is 5.92 Å². The van der Waals surface area contributed by atoms with Crippen LogP contribution >= 0.6 is 0 Å². The summed E-state index contributed by atoms with van der Waals surface area (Å²) in [5, 5.41) is 16.2. The average Bonchev–Trinajstić information content (AvgIpc) is 3.23. The number of hydrogen-bond acceptors (Lipinski definition) is 6. The summed E-state index contributed by atoms with van der Waals surface area (Å²) in [6, 6.07) is 19.0. The molecule has 2 aromatic heterocycles. The topological polar surface area (TPSA) is 95.5 Å². The van der Waals surface area contributed by atoms with Crippen LogP contribution in [0.15, 0.2) is 67.1 Å². The lowest BCUT2D eigenvalue weighted by Gasteiger charge is -2.39. The average molecular weight is 467 g/mol. The lowest BCUT2D eigenvalue weighted by Crippen LogP contribution is -2.52. The van der Waals surface area contributed by atoms with Crippen molar-refractivity contribution in [3.05, 3.63) is 72.7 Å². The highest BCUT2D eigenvalue weighted by molar-refractivity contribution is 5.94. The molecule has 1 amide bonds. The number of hydrogen-bond donors (Lipinski definition) is 1. The van der Waals surface area contributed by atoms with Gasteiger partial charge in [-0.15, -0.1) is 0 Å². The van der Waals surface area contributed by atoms with Crippen LogP contribution in [0.3, 0.4) is 0 Å². The molecule has 0 radical (unpaired) electrons. The molecule has 0 bridgehead atoms. The molecule has 2 aromatic carbocycles. The molecule has 0 aliphatic carbocycles. The third kappa shape index (κ3) is 4.80. The first-order chi connectivity index (χ1) is 16.8. The predicted octanol–water partition coefficient (Wildman–Crippen LogP) is 4.52. The van der Waals surface area contributed by atoms with Crippen LogP contribution in [-0.2, 0) is 4.79 Å². The minimum atomic E-state index is -0.245. The molecule has 8 nitrogen and oxygen atoms in total. The minimum Gasteiger partial charge on any atom is -0.488 e. The molecule has 1 aliphatic heterocycles. The fraction of sp³-hybridized carbons (Fsp3) is 0.259. The van der Waals surface area contributed by atoms with Gasteiger partial charge < -0.3 is 15.0 Å². The Kier molecular flexibility index (Phi) is 5.61. The SMILES string of the molecule is CC(C)(C)Oc1ccc(-c2cc3c(N4CC(C(=O)Nc5ccc(C#N)cc5)C4)ncnn3c2)cc1. The van der Waals surface area contributed by atoms with Gasteiger partial charge in [-0.2, -0.15) is 10.4 Å². The molecule has 176 valence electrons. The number of fused-ring (bicyclic) bond motifs is 1. The highest BCUT2D eigenvalue weighted by Crippen LogP contribution is 2.31. The summed E-state index contributed by atoms with van der Waals surface area (Å²) in [6.45, 7) is 7.23. The van der Waals surface area contributed by atoms with E-state index in [1.54, 1.807) is 24.3 Å². The lowest BCUT2D eigenvalue weighted by atomic mass is 9.99. The molecule has 0 atom stereocenters. The molecule has 1 fully saturated rings. The first-order valence-electron chi connectivity index (χ1n) is 11.5. The smallest absolute Gasteiger partial charge is 0.231 e. The van der Waals surface area contributed by atoms with Gasteiger partial charge in [0.2, 0.25) is 5.91 Å². The van der Waals surface area contributed by atoms with Gasteiger partial charge in [-0.25, -0.2) is 9.50 Å². The molecular weight excluding hydrogens is 440 g/mol. The monoisotopic (exact) mass is 466 g/mol. The molecule has 5 rings (SSSR count). The zero-order valence-electron chi connectivity index (χ0n) is 19.9. The van der Waals surface area contributed by atoms with Crippen LogP contribution in [0, 0.1) is 17.2 Å². The maximum absolute atomic E-state index is 12.6. The summed E-state index contributed by atoms with van der Waals surface area (Å²) < 4.78 is 7.74. The highest BCUT2D eigenvalue weighted by atomic mass is 16.5. The van der Waals surface area contributed by atoms with Crippen LogP contribution in [0.25, 0.3) is 16.6 Å². The number of ether oxygens (including phenoxy) is 1. The third-order valence-corrected chi connectivity index (χ3v) is 5.83. The molecule has 0 unspecified atom stereocenters. The first kappa shape index (κ1) is 22.4. The van der Waals surface area contributed by atoms with E-state index in [1.165, 1.54) is 6.33 Å². The van der Waals surface area contributed by atoms with Crippen LogP contribution in [0.5, 0.6) is 5.75 Å². The molecular formula is C27H26N6O2. The Morgan fingerprint density at radius 2 is 1.80 bits per heavy atom. The molecule has 1 N–H and O–H groups in total. The van der Waals surface area contributed by atoms with Crippen molar-refractivity contribution in [3.8, 4) is 22.9 Å². The Hall–Kier alpha value is -4.38. The van der Waals surface area contributed by atoms with Gasteiger partial charge in [0.05, 0.1) is 17.6 Å². The van der Waals surface area contributed by atoms with E-state index in [1.807, 2.05) is 55.7 Å². The normalized spacial score (nSPS) is 13.8. The van der Waals surface area contributed by atoms with E-state index in [4.69, 9.17) is 10.00 Å². The number of nitriles is 1. The number of anilines is 2. The van der Waals surface area contributed by atoms with E-state index in [-0.39, 0.29) is 17.4 Å². The van der Waals surface area contributed by atoms with E-state index < -0.39 is 0 Å². The number of aromatic nitrogens is 3. The highest BCUT2D eigenvalue weighted by Gasteiger charge is 2.34. The van der Waals surface area contributed by atoms with E-state index in [0.29, 0.717) is 24.3 Å². The molecule has 1 saturated heterocycles. The third-order valence-electron chi connectivity index (χ3n) is 5.83. The quantitative estimate of drug-likeness (QED) is 0.465. The molecule has 4 aromatic rings. The van der Waals surface area contributed by atoms with Gasteiger partial charge in [0.15, 0.2) is 5.82 Å². The number of amides is 1. The summed E-state index contributed by atoms with van der Waals surface area (Å²) >= 11 is 0.